The highest BCUT2D eigenvalue weighted by Crippen LogP contribution is 2.29. The van der Waals surface area contributed by atoms with Gasteiger partial charge in [0.25, 0.3) is 5.91 Å². The maximum Gasteiger partial charge on any atom is 0.339 e. The Morgan fingerprint density at radius 3 is 2.56 bits per heavy atom. The zero-order chi connectivity index (χ0) is 23.7. The van der Waals surface area contributed by atoms with Crippen molar-refractivity contribution in [2.75, 3.05) is 37.7 Å². The molecular weight excluding hydrogens is 437 g/mol. The molecule has 9 heteroatoms. The number of hydrogen-bond acceptors (Lipinski definition) is 6. The molecule has 8 nitrogen and oxygen atoms in total. The largest absolute Gasteiger partial charge is 0.462 e. The number of aromatic nitrogens is 3. The Morgan fingerprint density at radius 1 is 1.06 bits per heavy atom. The fourth-order valence-electron chi connectivity index (χ4n) is 4.63. The van der Waals surface area contributed by atoms with Crippen LogP contribution in [0, 0.1) is 5.82 Å². The summed E-state index contributed by atoms with van der Waals surface area (Å²) in [5.41, 5.74) is 3.09. The molecule has 0 saturated carbocycles. The van der Waals surface area contributed by atoms with Gasteiger partial charge >= 0.3 is 5.97 Å². The molecule has 1 saturated heterocycles. The number of para-hydroxylation sites is 1. The number of hydrogen-bond donors (Lipinski definition) is 0. The number of carbonyl (C=O) groups excluding carboxylic acids is 2. The van der Waals surface area contributed by atoms with Gasteiger partial charge in [0.15, 0.2) is 5.69 Å². The Labute approximate surface area is 196 Å². The zero-order valence-corrected chi connectivity index (χ0v) is 19.0. The van der Waals surface area contributed by atoms with Crippen LogP contribution < -0.4 is 4.90 Å². The van der Waals surface area contributed by atoms with E-state index in [0.717, 1.165) is 36.3 Å². The summed E-state index contributed by atoms with van der Waals surface area (Å²) < 4.78 is 21.0. The molecule has 0 unspecified atom stereocenters. The number of rotatable bonds is 5. The topological polar surface area (TPSA) is 80.6 Å². The molecule has 1 aliphatic carbocycles. The summed E-state index contributed by atoms with van der Waals surface area (Å²) >= 11 is 0. The second-order valence-electron chi connectivity index (χ2n) is 8.40. The van der Waals surface area contributed by atoms with Gasteiger partial charge in [-0.1, -0.05) is 12.1 Å². The lowest BCUT2D eigenvalue weighted by Crippen LogP contribution is -2.49. The summed E-state index contributed by atoms with van der Waals surface area (Å²) in [4.78, 5) is 33.5. The van der Waals surface area contributed by atoms with Crippen LogP contribution in [0.1, 0.15) is 45.4 Å². The van der Waals surface area contributed by atoms with Crippen molar-refractivity contribution >= 4 is 17.7 Å². The van der Waals surface area contributed by atoms with Crippen molar-refractivity contribution in [3.63, 3.8) is 0 Å². The molecule has 0 atom stereocenters. The van der Waals surface area contributed by atoms with E-state index in [0.29, 0.717) is 49.7 Å². The van der Waals surface area contributed by atoms with E-state index in [1.165, 1.54) is 12.3 Å². The Balaban J connectivity index is 1.29. The molecule has 1 aromatic carbocycles. The van der Waals surface area contributed by atoms with Crippen LogP contribution in [0.3, 0.4) is 0 Å². The van der Waals surface area contributed by atoms with E-state index in [9.17, 15) is 14.0 Å². The molecule has 34 heavy (non-hydrogen) atoms. The highest BCUT2D eigenvalue weighted by atomic mass is 19.1. The van der Waals surface area contributed by atoms with E-state index in [-0.39, 0.29) is 17.7 Å². The van der Waals surface area contributed by atoms with Crippen LogP contribution in [0.5, 0.6) is 0 Å². The monoisotopic (exact) mass is 463 g/mol. The number of esters is 1. The van der Waals surface area contributed by atoms with E-state index >= 15 is 0 Å². The lowest BCUT2D eigenvalue weighted by atomic mass is 10.1. The van der Waals surface area contributed by atoms with Crippen LogP contribution in [0.4, 0.5) is 10.2 Å². The Bertz CT molecular complexity index is 1220. The van der Waals surface area contributed by atoms with Crippen molar-refractivity contribution in [2.24, 2.45) is 0 Å². The first-order valence-corrected chi connectivity index (χ1v) is 11.6. The third kappa shape index (κ3) is 4.02. The van der Waals surface area contributed by atoms with Crippen LogP contribution in [-0.4, -0.2) is 64.3 Å². The predicted octanol–water partition coefficient (Wildman–Crippen LogP) is 3.03. The molecule has 5 rings (SSSR count). The first-order chi connectivity index (χ1) is 16.6. The standard InChI is InChI=1S/C25H26FN5O3/c1-2-34-25(33)17-10-11-22(27-16-17)29-12-14-30(15-13-29)24(32)23-18-6-5-9-20(18)31(28-23)21-8-4-3-7-19(21)26/h3-4,7-8,10-11,16H,2,5-6,9,12-15H2,1H3. The summed E-state index contributed by atoms with van der Waals surface area (Å²) in [7, 11) is 0. The van der Waals surface area contributed by atoms with Crippen molar-refractivity contribution < 1.29 is 18.7 Å². The molecule has 1 amide bonds. The summed E-state index contributed by atoms with van der Waals surface area (Å²) in [6, 6.07) is 10.0. The Kier molecular flexibility index (Phi) is 6.00. The van der Waals surface area contributed by atoms with Crippen LogP contribution in [0.2, 0.25) is 0 Å². The number of benzene rings is 1. The lowest BCUT2D eigenvalue weighted by Gasteiger charge is -2.35. The summed E-state index contributed by atoms with van der Waals surface area (Å²) in [5.74, 6) is -0.100. The van der Waals surface area contributed by atoms with Crippen LogP contribution in [0.15, 0.2) is 42.6 Å². The van der Waals surface area contributed by atoms with Crippen molar-refractivity contribution in [1.82, 2.24) is 19.7 Å². The fraction of sp³-hybridized carbons (Fsp3) is 0.360. The number of halogens is 1. The van der Waals surface area contributed by atoms with Crippen LogP contribution in [0.25, 0.3) is 5.69 Å². The molecule has 2 aromatic heterocycles. The van der Waals surface area contributed by atoms with Gasteiger partial charge in [0.2, 0.25) is 0 Å². The molecule has 1 aliphatic heterocycles. The lowest BCUT2D eigenvalue weighted by molar-refractivity contribution is 0.0525. The molecule has 3 aromatic rings. The molecule has 0 spiro atoms. The number of carbonyl (C=O) groups is 2. The molecule has 2 aliphatic rings. The smallest absolute Gasteiger partial charge is 0.339 e. The van der Waals surface area contributed by atoms with Crippen LogP contribution in [-0.2, 0) is 17.6 Å². The van der Waals surface area contributed by atoms with E-state index in [2.05, 4.69) is 15.0 Å². The molecule has 3 heterocycles. The molecule has 1 fully saturated rings. The summed E-state index contributed by atoms with van der Waals surface area (Å²) in [5, 5.41) is 4.57. The average molecular weight is 464 g/mol. The van der Waals surface area contributed by atoms with Gasteiger partial charge in [-0.2, -0.15) is 5.10 Å². The van der Waals surface area contributed by atoms with Crippen molar-refractivity contribution in [3.05, 3.63) is 70.9 Å². The van der Waals surface area contributed by atoms with E-state index in [1.54, 1.807) is 46.8 Å². The third-order valence-corrected chi connectivity index (χ3v) is 6.36. The minimum Gasteiger partial charge on any atom is -0.462 e. The SMILES string of the molecule is CCOC(=O)c1ccc(N2CCN(C(=O)c3nn(-c4ccccc4F)c4c3CCC4)CC2)nc1. The highest BCUT2D eigenvalue weighted by molar-refractivity contribution is 5.94. The Hall–Kier alpha value is -3.75. The van der Waals surface area contributed by atoms with Crippen molar-refractivity contribution in [2.45, 2.75) is 26.2 Å². The number of fused-ring (bicyclic) bond motifs is 1. The van der Waals surface area contributed by atoms with Gasteiger partial charge in [-0.05, 0) is 50.5 Å². The number of pyridine rings is 1. The zero-order valence-electron chi connectivity index (χ0n) is 19.0. The molecule has 0 radical (unpaired) electrons. The molecule has 0 bridgehead atoms. The van der Waals surface area contributed by atoms with E-state index in [1.807, 2.05) is 0 Å². The summed E-state index contributed by atoms with van der Waals surface area (Å²) in [6.45, 7) is 4.38. The minimum atomic E-state index is -0.390. The molecule has 0 N–H and O–H groups in total. The number of ether oxygens (including phenoxy) is 1. The second-order valence-corrected chi connectivity index (χ2v) is 8.40. The quantitative estimate of drug-likeness (QED) is 0.541. The minimum absolute atomic E-state index is 0.112. The first-order valence-electron chi connectivity index (χ1n) is 11.6. The van der Waals surface area contributed by atoms with Gasteiger partial charge in [-0.3, -0.25) is 4.79 Å². The number of amides is 1. The maximum atomic E-state index is 14.4. The van der Waals surface area contributed by atoms with Gasteiger partial charge in [-0.15, -0.1) is 0 Å². The van der Waals surface area contributed by atoms with Gasteiger partial charge in [0.05, 0.1) is 12.2 Å². The van der Waals surface area contributed by atoms with E-state index in [4.69, 9.17) is 4.74 Å². The first kappa shape index (κ1) is 22.1. The third-order valence-electron chi connectivity index (χ3n) is 6.36. The number of nitrogens with zero attached hydrogens (tertiary/aromatic N) is 5. The number of anilines is 1. The molecular formula is C25H26FN5O3. The van der Waals surface area contributed by atoms with E-state index < -0.39 is 0 Å². The normalized spacial score (nSPS) is 15.4. The van der Waals surface area contributed by atoms with Gasteiger partial charge in [0, 0.05) is 43.6 Å². The Morgan fingerprint density at radius 2 is 1.85 bits per heavy atom. The van der Waals surface area contributed by atoms with Gasteiger partial charge < -0.3 is 14.5 Å². The summed E-state index contributed by atoms with van der Waals surface area (Å²) in [6.07, 6.45) is 4.01. The maximum absolute atomic E-state index is 14.4. The average Bonchev–Trinajstić information content (AvgIpc) is 3.48. The van der Waals surface area contributed by atoms with Crippen molar-refractivity contribution in [1.29, 1.82) is 0 Å². The number of piperazine rings is 1. The van der Waals surface area contributed by atoms with Crippen molar-refractivity contribution in [3.8, 4) is 5.69 Å². The van der Waals surface area contributed by atoms with Gasteiger partial charge in [-0.25, -0.2) is 18.9 Å². The predicted molar refractivity (Wildman–Crippen MR) is 124 cm³/mol. The second kappa shape index (κ2) is 9.24. The molecule has 176 valence electrons. The van der Waals surface area contributed by atoms with Crippen LogP contribution >= 0.6 is 0 Å². The fourth-order valence-corrected chi connectivity index (χ4v) is 4.63. The van der Waals surface area contributed by atoms with Gasteiger partial charge in [0.1, 0.15) is 17.3 Å². The highest BCUT2D eigenvalue weighted by Gasteiger charge is 2.31.